The molecule has 2 unspecified atom stereocenters. The molecule has 1 aliphatic rings. The zero-order valence-electron chi connectivity index (χ0n) is 11.2. The van der Waals surface area contributed by atoms with Gasteiger partial charge in [0.25, 0.3) is 5.54 Å². The van der Waals surface area contributed by atoms with Crippen molar-refractivity contribution in [3.63, 3.8) is 0 Å². The van der Waals surface area contributed by atoms with Gasteiger partial charge in [-0.2, -0.15) is 0 Å². The van der Waals surface area contributed by atoms with E-state index in [4.69, 9.17) is 0 Å². The number of nitro groups is 1. The standard InChI is InChI=1S/C15H16FNO2/c1-10-4-7-12(8-5-10)14-11(2)6-9-13(16)15(14,3)17(18)19/h4-9,13H,1-3H3. The summed E-state index contributed by atoms with van der Waals surface area (Å²) in [6.45, 7) is 5.07. The Kier molecular flexibility index (Phi) is 3.27. The highest BCUT2D eigenvalue weighted by molar-refractivity contribution is 5.78. The van der Waals surface area contributed by atoms with E-state index in [0.717, 1.165) is 11.1 Å². The van der Waals surface area contributed by atoms with E-state index in [1.54, 1.807) is 13.0 Å². The monoisotopic (exact) mass is 261 g/mol. The molecule has 0 N–H and O–H groups in total. The summed E-state index contributed by atoms with van der Waals surface area (Å²) in [5, 5.41) is 11.4. The van der Waals surface area contributed by atoms with Crippen LogP contribution in [0.5, 0.6) is 0 Å². The van der Waals surface area contributed by atoms with Crippen molar-refractivity contribution in [2.75, 3.05) is 0 Å². The lowest BCUT2D eigenvalue weighted by Gasteiger charge is -2.30. The van der Waals surface area contributed by atoms with E-state index in [1.807, 2.05) is 31.2 Å². The van der Waals surface area contributed by atoms with E-state index >= 15 is 0 Å². The second-order valence-electron chi connectivity index (χ2n) is 5.09. The van der Waals surface area contributed by atoms with Gasteiger partial charge in [0.15, 0.2) is 6.17 Å². The number of hydrogen-bond donors (Lipinski definition) is 0. The highest BCUT2D eigenvalue weighted by Gasteiger charge is 2.51. The lowest BCUT2D eigenvalue weighted by atomic mass is 9.77. The van der Waals surface area contributed by atoms with Crippen LogP contribution in [-0.2, 0) is 0 Å². The Labute approximate surface area is 111 Å². The van der Waals surface area contributed by atoms with Crippen LogP contribution in [0.2, 0.25) is 0 Å². The fourth-order valence-electron chi connectivity index (χ4n) is 2.47. The van der Waals surface area contributed by atoms with Gasteiger partial charge < -0.3 is 0 Å². The maximum atomic E-state index is 14.1. The summed E-state index contributed by atoms with van der Waals surface area (Å²) in [6.07, 6.45) is 1.25. The van der Waals surface area contributed by atoms with Gasteiger partial charge in [-0.1, -0.05) is 35.9 Å². The minimum atomic E-state index is -1.73. The minimum absolute atomic E-state index is 0.451. The first-order chi connectivity index (χ1) is 8.87. The smallest absolute Gasteiger partial charge is 0.263 e. The highest BCUT2D eigenvalue weighted by Crippen LogP contribution is 2.40. The molecule has 3 nitrogen and oxygen atoms in total. The summed E-state index contributed by atoms with van der Waals surface area (Å²) in [6, 6.07) is 7.37. The first-order valence-electron chi connectivity index (χ1n) is 6.12. The summed E-state index contributed by atoms with van der Waals surface area (Å²) in [5.74, 6) is 0. The minimum Gasteiger partial charge on any atom is -0.263 e. The molecule has 100 valence electrons. The lowest BCUT2D eigenvalue weighted by molar-refractivity contribution is -0.553. The zero-order chi connectivity index (χ0) is 14.2. The van der Waals surface area contributed by atoms with Crippen molar-refractivity contribution in [2.45, 2.75) is 32.5 Å². The van der Waals surface area contributed by atoms with Crippen LogP contribution in [0.15, 0.2) is 42.0 Å². The van der Waals surface area contributed by atoms with Crippen LogP contribution < -0.4 is 0 Å². The summed E-state index contributed by atoms with van der Waals surface area (Å²) in [7, 11) is 0. The van der Waals surface area contributed by atoms with Gasteiger partial charge in [-0.15, -0.1) is 0 Å². The van der Waals surface area contributed by atoms with E-state index in [1.165, 1.54) is 13.0 Å². The van der Waals surface area contributed by atoms with Gasteiger partial charge in [0.05, 0.1) is 0 Å². The molecule has 0 fully saturated rings. The van der Waals surface area contributed by atoms with Gasteiger partial charge in [-0.05, 0) is 31.1 Å². The summed E-state index contributed by atoms with van der Waals surface area (Å²) in [4.78, 5) is 10.9. The van der Waals surface area contributed by atoms with Gasteiger partial charge in [0, 0.05) is 17.4 Å². The molecule has 0 heterocycles. The van der Waals surface area contributed by atoms with Gasteiger partial charge in [-0.25, -0.2) is 4.39 Å². The van der Waals surface area contributed by atoms with Crippen molar-refractivity contribution in [3.05, 3.63) is 63.2 Å². The van der Waals surface area contributed by atoms with Crippen LogP contribution in [0.4, 0.5) is 4.39 Å². The largest absolute Gasteiger partial charge is 0.279 e. The third-order valence-electron chi connectivity index (χ3n) is 3.67. The Hall–Kier alpha value is -1.97. The Morgan fingerprint density at radius 3 is 2.37 bits per heavy atom. The van der Waals surface area contributed by atoms with Crippen LogP contribution in [-0.4, -0.2) is 16.6 Å². The Balaban J connectivity index is 2.64. The molecule has 0 bridgehead atoms. The maximum Gasteiger partial charge on any atom is 0.279 e. The third kappa shape index (κ3) is 2.07. The van der Waals surface area contributed by atoms with Gasteiger partial charge in [0.2, 0.25) is 0 Å². The van der Waals surface area contributed by atoms with Crippen LogP contribution in [0, 0.1) is 17.0 Å². The number of nitrogens with zero attached hydrogens (tertiary/aromatic N) is 1. The predicted molar refractivity (Wildman–Crippen MR) is 73.2 cm³/mol. The number of alkyl halides is 1. The molecule has 0 amide bonds. The molecule has 0 aromatic heterocycles. The number of aryl methyl sites for hydroxylation is 1. The normalized spacial score (nSPS) is 26.6. The highest BCUT2D eigenvalue weighted by atomic mass is 19.1. The molecule has 0 saturated heterocycles. The second kappa shape index (κ2) is 4.61. The topological polar surface area (TPSA) is 43.1 Å². The third-order valence-corrected chi connectivity index (χ3v) is 3.67. The molecule has 2 rings (SSSR count). The van der Waals surface area contributed by atoms with Crippen molar-refractivity contribution in [3.8, 4) is 0 Å². The van der Waals surface area contributed by atoms with Crippen LogP contribution in [0.25, 0.3) is 5.57 Å². The van der Waals surface area contributed by atoms with Crippen molar-refractivity contribution in [1.29, 1.82) is 0 Å². The fourth-order valence-corrected chi connectivity index (χ4v) is 2.47. The van der Waals surface area contributed by atoms with Gasteiger partial charge in [-0.3, -0.25) is 10.1 Å². The molecule has 0 radical (unpaired) electrons. The maximum absolute atomic E-state index is 14.1. The Morgan fingerprint density at radius 2 is 1.84 bits per heavy atom. The van der Waals surface area contributed by atoms with Gasteiger partial charge >= 0.3 is 0 Å². The van der Waals surface area contributed by atoms with Crippen LogP contribution >= 0.6 is 0 Å². The Bertz CT molecular complexity index is 574. The lowest BCUT2D eigenvalue weighted by Crippen LogP contribution is -2.46. The van der Waals surface area contributed by atoms with E-state index in [-0.39, 0.29) is 0 Å². The number of hydrogen-bond acceptors (Lipinski definition) is 2. The summed E-state index contributed by atoms with van der Waals surface area (Å²) >= 11 is 0. The second-order valence-corrected chi connectivity index (χ2v) is 5.09. The fraction of sp³-hybridized carbons (Fsp3) is 0.333. The van der Waals surface area contributed by atoms with Crippen molar-refractivity contribution < 1.29 is 9.31 Å². The number of allylic oxidation sites excluding steroid dienone is 2. The van der Waals surface area contributed by atoms with Crippen molar-refractivity contribution in [2.24, 2.45) is 0 Å². The number of halogens is 1. The molecular formula is C15H16FNO2. The van der Waals surface area contributed by atoms with E-state index in [0.29, 0.717) is 11.1 Å². The zero-order valence-corrected chi connectivity index (χ0v) is 11.2. The predicted octanol–water partition coefficient (Wildman–Crippen LogP) is 3.71. The number of rotatable bonds is 2. The van der Waals surface area contributed by atoms with E-state index < -0.39 is 16.6 Å². The van der Waals surface area contributed by atoms with Gasteiger partial charge in [0.1, 0.15) is 0 Å². The first-order valence-corrected chi connectivity index (χ1v) is 6.12. The molecule has 1 aliphatic carbocycles. The molecule has 0 aliphatic heterocycles. The van der Waals surface area contributed by atoms with E-state index in [2.05, 4.69) is 0 Å². The van der Waals surface area contributed by atoms with Crippen molar-refractivity contribution in [1.82, 2.24) is 0 Å². The average molecular weight is 261 g/mol. The SMILES string of the molecule is CC1=C(c2ccc(C)cc2)C(C)([N+](=O)[O-])C(F)C=C1. The molecular weight excluding hydrogens is 245 g/mol. The summed E-state index contributed by atoms with van der Waals surface area (Å²) < 4.78 is 14.1. The summed E-state index contributed by atoms with van der Waals surface area (Å²) in [5.41, 5.74) is 1.22. The van der Waals surface area contributed by atoms with Crippen LogP contribution in [0.3, 0.4) is 0 Å². The first kappa shape index (κ1) is 13.5. The van der Waals surface area contributed by atoms with Crippen molar-refractivity contribution >= 4 is 5.57 Å². The van der Waals surface area contributed by atoms with Crippen LogP contribution in [0.1, 0.15) is 25.0 Å². The number of benzene rings is 1. The molecule has 1 aromatic carbocycles. The molecule has 4 heteroatoms. The Morgan fingerprint density at radius 1 is 1.26 bits per heavy atom. The molecule has 19 heavy (non-hydrogen) atoms. The quantitative estimate of drug-likeness (QED) is 0.601. The molecule has 1 aromatic rings. The molecule has 0 spiro atoms. The van der Waals surface area contributed by atoms with E-state index in [9.17, 15) is 14.5 Å². The molecule has 2 atom stereocenters. The average Bonchev–Trinajstić information content (AvgIpc) is 2.36. The molecule has 0 saturated carbocycles.